The van der Waals surface area contributed by atoms with Crippen molar-refractivity contribution in [3.8, 4) is 5.75 Å². The number of fused-ring (bicyclic) bond motifs is 1. The third-order valence-corrected chi connectivity index (χ3v) is 2.42. The second kappa shape index (κ2) is 4.32. The van der Waals surface area contributed by atoms with Crippen LogP contribution in [0.4, 0.5) is 5.95 Å². The molecule has 0 aliphatic heterocycles. The van der Waals surface area contributed by atoms with Gasteiger partial charge in [0, 0.05) is 5.39 Å². The van der Waals surface area contributed by atoms with Crippen LogP contribution >= 0.6 is 0 Å². The first-order chi connectivity index (χ1) is 7.72. The van der Waals surface area contributed by atoms with E-state index in [1.165, 1.54) is 0 Å². The largest absolute Gasteiger partial charge is 0.506 e. The second-order valence-electron chi connectivity index (χ2n) is 3.59. The van der Waals surface area contributed by atoms with Gasteiger partial charge in [-0.3, -0.25) is 0 Å². The van der Waals surface area contributed by atoms with Gasteiger partial charge in [-0.1, -0.05) is 12.1 Å². The average molecular weight is 218 g/mol. The molecule has 1 aromatic heterocycles. The van der Waals surface area contributed by atoms with E-state index in [-0.39, 0.29) is 11.7 Å². The average Bonchev–Trinajstić information content (AvgIpc) is 2.27. The van der Waals surface area contributed by atoms with Gasteiger partial charge in [0.05, 0.1) is 5.69 Å². The number of hydrogen-bond acceptors (Lipinski definition) is 5. The van der Waals surface area contributed by atoms with Gasteiger partial charge in [0.15, 0.2) is 0 Å². The number of hydrogen-bond donors (Lipinski definition) is 3. The third kappa shape index (κ3) is 1.90. The predicted molar refractivity (Wildman–Crippen MR) is 63.0 cm³/mol. The van der Waals surface area contributed by atoms with E-state index in [1.807, 2.05) is 6.07 Å². The first-order valence-electron chi connectivity index (χ1n) is 5.16. The smallest absolute Gasteiger partial charge is 0.220 e. The van der Waals surface area contributed by atoms with E-state index in [1.54, 1.807) is 12.1 Å². The Balaban J connectivity index is 2.59. The van der Waals surface area contributed by atoms with Crippen LogP contribution in [-0.4, -0.2) is 21.6 Å². The molecule has 0 bridgehead atoms. The first kappa shape index (κ1) is 10.6. The van der Waals surface area contributed by atoms with Crippen LogP contribution in [0.25, 0.3) is 10.9 Å². The summed E-state index contributed by atoms with van der Waals surface area (Å²) in [6.45, 7) is 0.601. The maximum absolute atomic E-state index is 9.67. The van der Waals surface area contributed by atoms with Crippen LogP contribution in [-0.2, 0) is 6.42 Å². The van der Waals surface area contributed by atoms with Gasteiger partial charge in [-0.15, -0.1) is 0 Å². The minimum Gasteiger partial charge on any atom is -0.506 e. The predicted octanol–water partition coefficient (Wildman–Crippen LogP) is 0.809. The van der Waals surface area contributed by atoms with Crippen molar-refractivity contribution < 1.29 is 5.11 Å². The van der Waals surface area contributed by atoms with Gasteiger partial charge < -0.3 is 16.6 Å². The number of nitrogens with zero attached hydrogens (tertiary/aromatic N) is 2. The van der Waals surface area contributed by atoms with E-state index < -0.39 is 0 Å². The number of aromatic nitrogens is 2. The summed E-state index contributed by atoms with van der Waals surface area (Å²) in [7, 11) is 0. The lowest BCUT2D eigenvalue weighted by atomic mass is 10.1. The molecule has 0 aliphatic carbocycles. The van der Waals surface area contributed by atoms with Crippen molar-refractivity contribution in [3.63, 3.8) is 0 Å². The number of rotatable bonds is 3. The molecule has 0 saturated heterocycles. The van der Waals surface area contributed by atoms with Crippen molar-refractivity contribution in [1.29, 1.82) is 0 Å². The molecule has 5 nitrogen and oxygen atoms in total. The molecule has 2 rings (SSSR count). The molecular weight excluding hydrogens is 204 g/mol. The summed E-state index contributed by atoms with van der Waals surface area (Å²) in [5, 5.41) is 10.5. The molecule has 2 aromatic rings. The third-order valence-electron chi connectivity index (χ3n) is 2.42. The van der Waals surface area contributed by atoms with E-state index in [0.29, 0.717) is 12.1 Å². The molecule has 1 heterocycles. The number of aryl methyl sites for hydroxylation is 1. The molecule has 0 amide bonds. The van der Waals surface area contributed by atoms with Gasteiger partial charge in [-0.2, -0.15) is 0 Å². The fourth-order valence-corrected chi connectivity index (χ4v) is 1.68. The summed E-state index contributed by atoms with van der Waals surface area (Å²) >= 11 is 0. The van der Waals surface area contributed by atoms with Crippen LogP contribution in [0.2, 0.25) is 0 Å². The first-order valence-corrected chi connectivity index (χ1v) is 5.16. The fraction of sp³-hybridized carbons (Fsp3) is 0.273. The number of phenolic OH excluding ortho intramolecular Hbond substituents is 1. The zero-order valence-corrected chi connectivity index (χ0v) is 8.85. The molecule has 0 radical (unpaired) electrons. The van der Waals surface area contributed by atoms with Gasteiger partial charge in [0.25, 0.3) is 0 Å². The molecule has 84 valence electrons. The Hall–Kier alpha value is -1.88. The minimum absolute atomic E-state index is 0.126. The lowest BCUT2D eigenvalue weighted by Gasteiger charge is -2.06. The van der Waals surface area contributed by atoms with Gasteiger partial charge in [0.2, 0.25) is 5.95 Å². The van der Waals surface area contributed by atoms with E-state index in [4.69, 9.17) is 11.5 Å². The Kier molecular flexibility index (Phi) is 2.87. The van der Waals surface area contributed by atoms with Crippen LogP contribution < -0.4 is 11.5 Å². The maximum atomic E-state index is 9.67. The quantitative estimate of drug-likeness (QED) is 0.708. The molecule has 0 spiro atoms. The van der Waals surface area contributed by atoms with E-state index in [0.717, 1.165) is 23.9 Å². The zero-order chi connectivity index (χ0) is 11.5. The normalized spacial score (nSPS) is 10.8. The number of nitrogen functional groups attached to an aromatic ring is 1. The Morgan fingerprint density at radius 2 is 2.06 bits per heavy atom. The highest BCUT2D eigenvalue weighted by Crippen LogP contribution is 2.25. The lowest BCUT2D eigenvalue weighted by molar-refractivity contribution is 0.480. The summed E-state index contributed by atoms with van der Waals surface area (Å²) in [5.41, 5.74) is 12.4. The van der Waals surface area contributed by atoms with E-state index in [2.05, 4.69) is 9.97 Å². The summed E-state index contributed by atoms with van der Waals surface area (Å²) in [4.78, 5) is 8.21. The van der Waals surface area contributed by atoms with Gasteiger partial charge in [0.1, 0.15) is 11.3 Å². The number of nitrogens with two attached hydrogens (primary N) is 2. The van der Waals surface area contributed by atoms with Crippen molar-refractivity contribution in [2.75, 3.05) is 12.3 Å². The molecule has 5 heteroatoms. The number of anilines is 1. The Labute approximate surface area is 93.1 Å². The SMILES string of the molecule is NCCCc1nc(N)nc2c(O)cccc12. The van der Waals surface area contributed by atoms with Crippen LogP contribution in [0.15, 0.2) is 18.2 Å². The van der Waals surface area contributed by atoms with E-state index in [9.17, 15) is 5.11 Å². The van der Waals surface area contributed by atoms with Crippen molar-refractivity contribution >= 4 is 16.9 Å². The van der Waals surface area contributed by atoms with Crippen LogP contribution in [0, 0.1) is 0 Å². The molecule has 5 N–H and O–H groups in total. The van der Waals surface area contributed by atoms with Gasteiger partial charge in [-0.25, -0.2) is 9.97 Å². The molecule has 0 atom stereocenters. The molecule has 1 aromatic carbocycles. The van der Waals surface area contributed by atoms with Crippen molar-refractivity contribution in [2.24, 2.45) is 5.73 Å². The monoisotopic (exact) mass is 218 g/mol. The highest BCUT2D eigenvalue weighted by atomic mass is 16.3. The highest BCUT2D eigenvalue weighted by molar-refractivity contribution is 5.86. The number of benzene rings is 1. The lowest BCUT2D eigenvalue weighted by Crippen LogP contribution is -2.05. The summed E-state index contributed by atoms with van der Waals surface area (Å²) in [6.07, 6.45) is 1.57. The molecule has 16 heavy (non-hydrogen) atoms. The minimum atomic E-state index is 0.126. The Bertz CT molecular complexity index is 513. The number of phenols is 1. The zero-order valence-electron chi connectivity index (χ0n) is 8.85. The van der Waals surface area contributed by atoms with Crippen molar-refractivity contribution in [1.82, 2.24) is 9.97 Å². The van der Waals surface area contributed by atoms with Gasteiger partial charge in [-0.05, 0) is 25.5 Å². The topological polar surface area (TPSA) is 98.0 Å². The van der Waals surface area contributed by atoms with Gasteiger partial charge >= 0.3 is 0 Å². The standard InChI is InChI=1S/C11H14N4O/c12-6-2-4-8-7-3-1-5-9(16)10(7)15-11(13)14-8/h1,3,5,16H,2,4,6,12H2,(H2,13,14,15). The second-order valence-corrected chi connectivity index (χ2v) is 3.59. The maximum Gasteiger partial charge on any atom is 0.220 e. The molecule has 0 saturated carbocycles. The van der Waals surface area contributed by atoms with Crippen LogP contribution in [0.5, 0.6) is 5.75 Å². The number of aromatic hydroxyl groups is 1. The summed E-state index contributed by atoms with van der Waals surface area (Å²) in [5.74, 6) is 0.307. The van der Waals surface area contributed by atoms with E-state index >= 15 is 0 Å². The van der Waals surface area contributed by atoms with Crippen LogP contribution in [0.3, 0.4) is 0 Å². The van der Waals surface area contributed by atoms with Crippen LogP contribution in [0.1, 0.15) is 12.1 Å². The number of para-hydroxylation sites is 1. The van der Waals surface area contributed by atoms with Crippen molar-refractivity contribution in [3.05, 3.63) is 23.9 Å². The Morgan fingerprint density at radius 3 is 2.81 bits per heavy atom. The molecule has 0 unspecified atom stereocenters. The molecular formula is C11H14N4O. The summed E-state index contributed by atoms with van der Waals surface area (Å²) < 4.78 is 0. The molecule has 0 aliphatic rings. The highest BCUT2D eigenvalue weighted by Gasteiger charge is 2.08. The molecule has 0 fully saturated rings. The summed E-state index contributed by atoms with van der Waals surface area (Å²) in [6, 6.07) is 5.23. The fourth-order valence-electron chi connectivity index (χ4n) is 1.68. The van der Waals surface area contributed by atoms with Crippen molar-refractivity contribution in [2.45, 2.75) is 12.8 Å². The Morgan fingerprint density at radius 1 is 1.25 bits per heavy atom.